The van der Waals surface area contributed by atoms with Crippen LogP contribution in [0.5, 0.6) is 5.75 Å². The van der Waals surface area contributed by atoms with Crippen molar-refractivity contribution in [1.82, 2.24) is 4.90 Å². The van der Waals surface area contributed by atoms with Crippen LogP contribution in [0, 0.1) is 11.3 Å². The summed E-state index contributed by atoms with van der Waals surface area (Å²) < 4.78 is 16.5. The fourth-order valence-electron chi connectivity index (χ4n) is 6.39. The predicted octanol–water partition coefficient (Wildman–Crippen LogP) is 4.67. The number of nitrogens with one attached hydrogen (secondary N) is 1. The minimum atomic E-state index is -0.773. The Morgan fingerprint density at radius 3 is 2.51 bits per heavy atom. The van der Waals surface area contributed by atoms with Gasteiger partial charge >= 0.3 is 12.1 Å². The Bertz CT molecular complexity index is 1220. The van der Waals surface area contributed by atoms with Crippen LogP contribution in [0.1, 0.15) is 51.2 Å². The molecule has 8 heteroatoms. The molecule has 1 spiro atoms. The minimum Gasteiger partial charge on any atom is -0.497 e. The molecule has 0 radical (unpaired) electrons. The second-order valence-corrected chi connectivity index (χ2v) is 11.2. The summed E-state index contributed by atoms with van der Waals surface area (Å²) in [6, 6.07) is 15.2. The molecule has 3 aliphatic rings. The number of rotatable bonds is 6. The van der Waals surface area contributed by atoms with Gasteiger partial charge in [-0.2, -0.15) is 0 Å². The molecule has 2 fully saturated rings. The largest absolute Gasteiger partial charge is 0.497 e. The van der Waals surface area contributed by atoms with E-state index in [1.807, 2.05) is 69.3 Å². The molecule has 5 rings (SSSR count). The lowest BCUT2D eigenvalue weighted by molar-refractivity contribution is -0.170. The lowest BCUT2D eigenvalue weighted by Gasteiger charge is -2.63. The zero-order valence-corrected chi connectivity index (χ0v) is 21.8. The maximum atomic E-state index is 13.4. The summed E-state index contributed by atoms with van der Waals surface area (Å²) in [5.74, 6) is 0.0417. The SMILES string of the molecule is COc1ccc(CN(CC[C@]23c4ccccc4NC(=O)[C@H]2C[C@]32CCOC2=O)C(=O)OC(C)(C)C)cc1. The van der Waals surface area contributed by atoms with Gasteiger partial charge in [0.2, 0.25) is 5.91 Å². The second kappa shape index (κ2) is 9.08. The van der Waals surface area contributed by atoms with Gasteiger partial charge < -0.3 is 24.4 Å². The van der Waals surface area contributed by atoms with Crippen molar-refractivity contribution in [1.29, 1.82) is 0 Å². The highest BCUT2D eigenvalue weighted by molar-refractivity contribution is 6.02. The molecule has 1 saturated carbocycles. The van der Waals surface area contributed by atoms with E-state index < -0.39 is 22.5 Å². The number of para-hydroxylation sites is 1. The van der Waals surface area contributed by atoms with Gasteiger partial charge in [-0.05, 0) is 69.4 Å². The summed E-state index contributed by atoms with van der Waals surface area (Å²) in [5.41, 5.74) is 0.400. The number of ether oxygens (including phenoxy) is 3. The molecule has 0 bridgehead atoms. The van der Waals surface area contributed by atoms with Crippen LogP contribution in [0.2, 0.25) is 0 Å². The maximum Gasteiger partial charge on any atom is 0.410 e. The molecule has 3 atom stereocenters. The van der Waals surface area contributed by atoms with E-state index >= 15 is 0 Å². The van der Waals surface area contributed by atoms with Crippen molar-refractivity contribution in [3.8, 4) is 5.75 Å². The molecule has 2 aromatic rings. The fraction of sp³-hybridized carbons (Fsp3) is 0.483. The minimum absolute atomic E-state index is 0.0806. The Labute approximate surface area is 217 Å². The Morgan fingerprint density at radius 1 is 1.14 bits per heavy atom. The van der Waals surface area contributed by atoms with Crippen molar-refractivity contribution in [2.75, 3.05) is 25.6 Å². The highest BCUT2D eigenvalue weighted by Crippen LogP contribution is 2.69. The zero-order chi connectivity index (χ0) is 26.4. The number of hydrogen-bond acceptors (Lipinski definition) is 6. The van der Waals surface area contributed by atoms with Gasteiger partial charge in [0.1, 0.15) is 11.4 Å². The quantitative estimate of drug-likeness (QED) is 0.573. The first kappa shape index (κ1) is 25.1. The van der Waals surface area contributed by atoms with Crippen LogP contribution in [0.15, 0.2) is 48.5 Å². The third kappa shape index (κ3) is 4.12. The van der Waals surface area contributed by atoms with Crippen LogP contribution in [-0.2, 0) is 31.0 Å². The van der Waals surface area contributed by atoms with Crippen molar-refractivity contribution in [2.45, 2.75) is 57.6 Å². The fourth-order valence-corrected chi connectivity index (χ4v) is 6.39. The van der Waals surface area contributed by atoms with Crippen molar-refractivity contribution >= 4 is 23.7 Å². The smallest absolute Gasteiger partial charge is 0.410 e. The maximum absolute atomic E-state index is 13.4. The van der Waals surface area contributed by atoms with Gasteiger partial charge in [0.15, 0.2) is 0 Å². The van der Waals surface area contributed by atoms with E-state index in [1.165, 1.54) is 0 Å². The van der Waals surface area contributed by atoms with Crippen molar-refractivity contribution < 1.29 is 28.6 Å². The number of methoxy groups -OCH3 is 1. The Kier molecular flexibility index (Phi) is 6.16. The number of hydrogen-bond donors (Lipinski definition) is 1. The van der Waals surface area contributed by atoms with E-state index in [1.54, 1.807) is 12.0 Å². The molecule has 1 aliphatic carbocycles. The second-order valence-electron chi connectivity index (χ2n) is 11.2. The van der Waals surface area contributed by atoms with Gasteiger partial charge in [0.25, 0.3) is 0 Å². The highest BCUT2D eigenvalue weighted by atomic mass is 16.6. The molecule has 0 unspecified atom stereocenters. The summed E-state index contributed by atoms with van der Waals surface area (Å²) in [5, 5.41) is 3.02. The topological polar surface area (TPSA) is 94.2 Å². The number of cyclic esters (lactones) is 1. The first-order valence-electron chi connectivity index (χ1n) is 12.8. The molecule has 0 aromatic heterocycles. The van der Waals surface area contributed by atoms with Gasteiger partial charge in [-0.15, -0.1) is 0 Å². The lowest BCUT2D eigenvalue weighted by atomic mass is 9.38. The zero-order valence-electron chi connectivity index (χ0n) is 21.8. The summed E-state index contributed by atoms with van der Waals surface area (Å²) >= 11 is 0. The molecule has 2 amide bonds. The van der Waals surface area contributed by atoms with E-state index in [9.17, 15) is 14.4 Å². The molecule has 2 heterocycles. The number of benzene rings is 2. The monoisotopic (exact) mass is 506 g/mol. The van der Waals surface area contributed by atoms with Crippen LogP contribution in [-0.4, -0.2) is 48.7 Å². The van der Waals surface area contributed by atoms with Gasteiger partial charge in [-0.25, -0.2) is 4.79 Å². The molecule has 2 aliphatic heterocycles. The first-order chi connectivity index (χ1) is 17.6. The Balaban J connectivity index is 1.50. The van der Waals surface area contributed by atoms with Crippen molar-refractivity contribution in [3.05, 3.63) is 59.7 Å². The van der Waals surface area contributed by atoms with Crippen LogP contribution < -0.4 is 10.1 Å². The standard InChI is InChI=1S/C29H34N2O6/c1-27(2,3)37-26(34)31(18-19-9-11-20(35-4)12-10-19)15-13-29-21-7-5-6-8-23(21)30-24(32)22(29)17-28(29)14-16-36-25(28)33/h5-12,22H,13-18H2,1-4H3,(H,30,32)/t22-,28+,29+/m1/s1. The van der Waals surface area contributed by atoms with Crippen molar-refractivity contribution in [2.24, 2.45) is 11.3 Å². The van der Waals surface area contributed by atoms with Crippen LogP contribution >= 0.6 is 0 Å². The summed E-state index contributed by atoms with van der Waals surface area (Å²) in [7, 11) is 1.61. The highest BCUT2D eigenvalue weighted by Gasteiger charge is 2.74. The molecule has 2 aromatic carbocycles. The van der Waals surface area contributed by atoms with Crippen LogP contribution in [0.3, 0.4) is 0 Å². The van der Waals surface area contributed by atoms with E-state index in [4.69, 9.17) is 14.2 Å². The molecule has 37 heavy (non-hydrogen) atoms. The molecule has 1 saturated heterocycles. The number of fused-ring (bicyclic) bond motifs is 4. The number of carbonyl (C=O) groups is 3. The number of anilines is 1. The third-order valence-electron chi connectivity index (χ3n) is 8.10. The summed E-state index contributed by atoms with van der Waals surface area (Å²) in [4.78, 5) is 41.4. The predicted molar refractivity (Wildman–Crippen MR) is 137 cm³/mol. The summed E-state index contributed by atoms with van der Waals surface area (Å²) in [6.45, 7) is 6.49. The molecule has 196 valence electrons. The van der Waals surface area contributed by atoms with Crippen LogP contribution in [0.4, 0.5) is 10.5 Å². The Morgan fingerprint density at radius 2 is 1.86 bits per heavy atom. The van der Waals surface area contributed by atoms with E-state index in [2.05, 4.69) is 5.32 Å². The number of amides is 2. The normalized spacial score (nSPS) is 25.9. The van der Waals surface area contributed by atoms with Crippen LogP contribution in [0.25, 0.3) is 0 Å². The lowest BCUT2D eigenvalue weighted by Crippen LogP contribution is -2.69. The average Bonchev–Trinajstić information content (AvgIpc) is 3.25. The molecule has 8 nitrogen and oxygen atoms in total. The number of carbonyl (C=O) groups excluding carboxylic acids is 3. The number of esters is 1. The molecular weight excluding hydrogens is 472 g/mol. The van der Waals surface area contributed by atoms with E-state index in [0.29, 0.717) is 39.0 Å². The molecule has 1 N–H and O–H groups in total. The van der Waals surface area contributed by atoms with Gasteiger partial charge in [-0.1, -0.05) is 30.3 Å². The summed E-state index contributed by atoms with van der Waals surface area (Å²) in [6.07, 6.45) is 1.02. The third-order valence-corrected chi connectivity index (χ3v) is 8.10. The molecular formula is C29H34N2O6. The van der Waals surface area contributed by atoms with Gasteiger partial charge in [0.05, 0.1) is 25.0 Å². The Hall–Kier alpha value is -3.55. The van der Waals surface area contributed by atoms with E-state index in [-0.39, 0.29) is 17.8 Å². The average molecular weight is 507 g/mol. The van der Waals surface area contributed by atoms with E-state index in [0.717, 1.165) is 22.6 Å². The van der Waals surface area contributed by atoms with Crippen molar-refractivity contribution in [3.63, 3.8) is 0 Å². The van der Waals surface area contributed by atoms with Gasteiger partial charge in [0, 0.05) is 24.2 Å². The number of nitrogens with zero attached hydrogens (tertiary/aromatic N) is 1. The van der Waals surface area contributed by atoms with Gasteiger partial charge in [-0.3, -0.25) is 9.59 Å². The first-order valence-corrected chi connectivity index (χ1v) is 12.8.